The highest BCUT2D eigenvalue weighted by Crippen LogP contribution is 2.39. The molecule has 112 valence electrons. The van der Waals surface area contributed by atoms with Gasteiger partial charge in [-0.2, -0.15) is 0 Å². The normalized spacial score (nSPS) is 22.6. The maximum absolute atomic E-state index is 6.20. The first kappa shape index (κ1) is 15.6. The Morgan fingerprint density at radius 3 is 2.55 bits per heavy atom. The van der Waals surface area contributed by atoms with Gasteiger partial charge >= 0.3 is 0 Å². The van der Waals surface area contributed by atoms with Crippen molar-refractivity contribution in [3.8, 4) is 11.5 Å². The number of hydrogen-bond acceptors (Lipinski definition) is 3. The molecule has 0 atom stereocenters. The van der Waals surface area contributed by atoms with Gasteiger partial charge in [0.05, 0.1) is 17.2 Å². The summed E-state index contributed by atoms with van der Waals surface area (Å²) in [4.78, 5) is 0. The molecule has 0 spiro atoms. The quantitative estimate of drug-likeness (QED) is 0.869. The zero-order valence-electron chi connectivity index (χ0n) is 12.3. The van der Waals surface area contributed by atoms with Crippen molar-refractivity contribution in [2.45, 2.75) is 52.2 Å². The van der Waals surface area contributed by atoms with Crippen molar-refractivity contribution in [2.24, 2.45) is 11.7 Å². The zero-order chi connectivity index (χ0) is 14.5. The summed E-state index contributed by atoms with van der Waals surface area (Å²) >= 11 is 3.59. The Balaban J connectivity index is 2.16. The van der Waals surface area contributed by atoms with E-state index in [9.17, 15) is 0 Å². The molecular formula is C16H24BrNO2. The van der Waals surface area contributed by atoms with Crippen molar-refractivity contribution in [3.63, 3.8) is 0 Å². The first-order chi connectivity index (χ1) is 9.63. The van der Waals surface area contributed by atoms with Crippen molar-refractivity contribution in [1.29, 1.82) is 0 Å². The Morgan fingerprint density at radius 1 is 1.25 bits per heavy atom. The Hall–Kier alpha value is -0.740. The minimum atomic E-state index is 0.297. The molecule has 0 bridgehead atoms. The topological polar surface area (TPSA) is 44.5 Å². The SMILES string of the molecule is CCOc1cc(CN)cc(Br)c1OC1CCC(C)CC1. The summed E-state index contributed by atoms with van der Waals surface area (Å²) in [7, 11) is 0. The van der Waals surface area contributed by atoms with Crippen LogP contribution in [0.1, 0.15) is 45.1 Å². The molecule has 1 saturated carbocycles. The molecule has 1 aliphatic rings. The fourth-order valence-electron chi connectivity index (χ4n) is 2.63. The van der Waals surface area contributed by atoms with Crippen LogP contribution >= 0.6 is 15.9 Å². The first-order valence-corrected chi connectivity index (χ1v) is 8.25. The van der Waals surface area contributed by atoms with E-state index in [2.05, 4.69) is 22.9 Å². The molecule has 0 radical (unpaired) electrons. The van der Waals surface area contributed by atoms with Crippen LogP contribution in [0.15, 0.2) is 16.6 Å². The second-order valence-electron chi connectivity index (χ2n) is 5.54. The number of ether oxygens (including phenoxy) is 2. The van der Waals surface area contributed by atoms with Crippen LogP contribution in [0.5, 0.6) is 11.5 Å². The van der Waals surface area contributed by atoms with Gasteiger partial charge in [-0.25, -0.2) is 0 Å². The van der Waals surface area contributed by atoms with Crippen molar-refractivity contribution < 1.29 is 9.47 Å². The Kier molecular flexibility index (Phi) is 5.73. The fraction of sp³-hybridized carbons (Fsp3) is 0.625. The molecular weight excluding hydrogens is 318 g/mol. The number of rotatable bonds is 5. The van der Waals surface area contributed by atoms with Crippen LogP contribution in [0.3, 0.4) is 0 Å². The highest BCUT2D eigenvalue weighted by Gasteiger charge is 2.22. The van der Waals surface area contributed by atoms with Crippen LogP contribution in [0.4, 0.5) is 0 Å². The molecule has 20 heavy (non-hydrogen) atoms. The molecule has 1 aromatic rings. The van der Waals surface area contributed by atoms with Crippen LogP contribution in [0.25, 0.3) is 0 Å². The third kappa shape index (κ3) is 3.89. The Labute approximate surface area is 130 Å². The van der Waals surface area contributed by atoms with E-state index in [-0.39, 0.29) is 0 Å². The molecule has 1 aromatic carbocycles. The number of hydrogen-bond donors (Lipinski definition) is 1. The smallest absolute Gasteiger partial charge is 0.175 e. The van der Waals surface area contributed by atoms with Gasteiger partial charge in [-0.3, -0.25) is 0 Å². The average Bonchev–Trinajstić information content (AvgIpc) is 2.44. The molecule has 0 aliphatic heterocycles. The van der Waals surface area contributed by atoms with Crippen molar-refractivity contribution in [1.82, 2.24) is 0 Å². The van der Waals surface area contributed by atoms with Crippen LogP contribution in [0.2, 0.25) is 0 Å². The van der Waals surface area contributed by atoms with E-state index in [0.29, 0.717) is 19.3 Å². The van der Waals surface area contributed by atoms with E-state index in [1.54, 1.807) is 0 Å². The van der Waals surface area contributed by atoms with Crippen molar-refractivity contribution >= 4 is 15.9 Å². The maximum atomic E-state index is 6.20. The van der Waals surface area contributed by atoms with E-state index in [4.69, 9.17) is 15.2 Å². The minimum absolute atomic E-state index is 0.297. The van der Waals surface area contributed by atoms with Crippen LogP contribution in [0, 0.1) is 5.92 Å². The molecule has 0 aromatic heterocycles. The lowest BCUT2D eigenvalue weighted by Gasteiger charge is -2.28. The van der Waals surface area contributed by atoms with Gasteiger partial charge in [-0.1, -0.05) is 6.92 Å². The lowest BCUT2D eigenvalue weighted by molar-refractivity contribution is 0.129. The van der Waals surface area contributed by atoms with Crippen LogP contribution in [-0.2, 0) is 6.54 Å². The fourth-order valence-corrected chi connectivity index (χ4v) is 3.21. The van der Waals surface area contributed by atoms with Gasteiger partial charge in [-0.15, -0.1) is 0 Å². The number of halogens is 1. The summed E-state index contributed by atoms with van der Waals surface area (Å²) in [6, 6.07) is 4.00. The minimum Gasteiger partial charge on any atom is -0.490 e. The monoisotopic (exact) mass is 341 g/mol. The van der Waals surface area contributed by atoms with Gasteiger partial charge in [0.1, 0.15) is 0 Å². The van der Waals surface area contributed by atoms with E-state index in [1.165, 1.54) is 12.8 Å². The third-order valence-corrected chi connectivity index (χ3v) is 4.44. The Morgan fingerprint density at radius 2 is 1.95 bits per heavy atom. The standard InChI is InChI=1S/C16H24BrNO2/c1-3-19-15-9-12(10-18)8-14(17)16(15)20-13-6-4-11(2)5-7-13/h8-9,11,13H,3-7,10,18H2,1-2H3. The van der Waals surface area contributed by atoms with Crippen LogP contribution in [-0.4, -0.2) is 12.7 Å². The van der Waals surface area contributed by atoms with Gasteiger partial charge in [0.2, 0.25) is 0 Å². The average molecular weight is 342 g/mol. The van der Waals surface area contributed by atoms with E-state index < -0.39 is 0 Å². The second kappa shape index (κ2) is 7.32. The maximum Gasteiger partial charge on any atom is 0.175 e. The lowest BCUT2D eigenvalue weighted by Crippen LogP contribution is -2.23. The summed E-state index contributed by atoms with van der Waals surface area (Å²) in [6.07, 6.45) is 5.03. The molecule has 0 amide bonds. The molecule has 2 rings (SSSR count). The lowest BCUT2D eigenvalue weighted by atomic mass is 9.89. The molecule has 1 fully saturated rings. The zero-order valence-corrected chi connectivity index (χ0v) is 13.9. The van der Waals surface area contributed by atoms with E-state index in [1.807, 2.05) is 19.1 Å². The first-order valence-electron chi connectivity index (χ1n) is 7.46. The van der Waals surface area contributed by atoms with Gasteiger partial charge in [0.15, 0.2) is 11.5 Å². The van der Waals surface area contributed by atoms with E-state index in [0.717, 1.165) is 40.3 Å². The summed E-state index contributed by atoms with van der Waals surface area (Å²) in [5.74, 6) is 2.44. The molecule has 0 saturated heterocycles. The third-order valence-electron chi connectivity index (χ3n) is 3.85. The predicted molar refractivity (Wildman–Crippen MR) is 85.3 cm³/mol. The Bertz CT molecular complexity index is 442. The highest BCUT2D eigenvalue weighted by atomic mass is 79.9. The molecule has 4 heteroatoms. The largest absolute Gasteiger partial charge is 0.490 e. The summed E-state index contributed by atoms with van der Waals surface area (Å²) in [6.45, 7) is 5.42. The highest BCUT2D eigenvalue weighted by molar-refractivity contribution is 9.10. The molecule has 0 heterocycles. The van der Waals surface area contributed by atoms with Gasteiger partial charge < -0.3 is 15.2 Å². The van der Waals surface area contributed by atoms with Gasteiger partial charge in [0, 0.05) is 6.54 Å². The van der Waals surface area contributed by atoms with Crippen LogP contribution < -0.4 is 15.2 Å². The summed E-state index contributed by atoms with van der Waals surface area (Å²) < 4.78 is 12.9. The molecule has 3 nitrogen and oxygen atoms in total. The van der Waals surface area contributed by atoms with E-state index >= 15 is 0 Å². The molecule has 2 N–H and O–H groups in total. The van der Waals surface area contributed by atoms with Gasteiger partial charge in [0.25, 0.3) is 0 Å². The summed E-state index contributed by atoms with van der Waals surface area (Å²) in [5.41, 5.74) is 6.76. The van der Waals surface area contributed by atoms with Gasteiger partial charge in [-0.05, 0) is 72.2 Å². The number of nitrogens with two attached hydrogens (primary N) is 1. The molecule has 0 unspecified atom stereocenters. The van der Waals surface area contributed by atoms with Crippen molar-refractivity contribution in [2.75, 3.05) is 6.61 Å². The molecule has 1 aliphatic carbocycles. The van der Waals surface area contributed by atoms with Crippen molar-refractivity contribution in [3.05, 3.63) is 22.2 Å². The summed E-state index contributed by atoms with van der Waals surface area (Å²) in [5, 5.41) is 0. The number of benzene rings is 1. The predicted octanol–water partition coefficient (Wildman–Crippen LogP) is 4.26. The second-order valence-corrected chi connectivity index (χ2v) is 6.40.